The highest BCUT2D eigenvalue weighted by molar-refractivity contribution is 5.77. The lowest BCUT2D eigenvalue weighted by atomic mass is 10.2. The highest BCUT2D eigenvalue weighted by Crippen LogP contribution is 2.03. The minimum atomic E-state index is -0.329. The van der Waals surface area contributed by atoms with Crippen LogP contribution in [0.25, 0.3) is 0 Å². The summed E-state index contributed by atoms with van der Waals surface area (Å²) < 4.78 is 5.13. The van der Waals surface area contributed by atoms with Crippen molar-refractivity contribution in [2.24, 2.45) is 5.73 Å². The smallest absolute Gasteiger partial charge is 0.308 e. The van der Waals surface area contributed by atoms with E-state index in [1.165, 1.54) is 0 Å². The summed E-state index contributed by atoms with van der Waals surface area (Å²) in [5.41, 5.74) is 6.21. The van der Waals surface area contributed by atoms with Crippen LogP contribution in [0.1, 0.15) is 25.3 Å². The van der Waals surface area contributed by atoms with E-state index in [1.807, 2.05) is 30.3 Å². The molecule has 104 valence electrons. The van der Waals surface area contributed by atoms with E-state index in [4.69, 9.17) is 10.5 Å². The molecule has 0 saturated heterocycles. The van der Waals surface area contributed by atoms with E-state index < -0.39 is 0 Å². The molecule has 0 aliphatic heterocycles. The van der Waals surface area contributed by atoms with Crippen LogP contribution in [0, 0.1) is 0 Å². The molecule has 0 aliphatic carbocycles. The van der Waals surface area contributed by atoms with Crippen molar-refractivity contribution in [1.82, 2.24) is 5.32 Å². The number of amides is 1. The molecule has 1 aromatic rings. The molecule has 1 aromatic carbocycles. The predicted molar refractivity (Wildman–Crippen MR) is 72.1 cm³/mol. The monoisotopic (exact) mass is 264 g/mol. The van der Waals surface area contributed by atoms with Crippen molar-refractivity contribution in [3.05, 3.63) is 35.9 Å². The standard InChI is InChI=1S/C14H20N2O3/c1-11(16-13(17)7-8-15)9-14(18)19-10-12-5-3-2-4-6-12/h2-6,11H,7-10,15H2,1H3,(H,16,17). The summed E-state index contributed by atoms with van der Waals surface area (Å²) in [7, 11) is 0. The maximum Gasteiger partial charge on any atom is 0.308 e. The molecule has 5 heteroatoms. The average Bonchev–Trinajstić information content (AvgIpc) is 2.37. The minimum absolute atomic E-state index is 0.147. The van der Waals surface area contributed by atoms with Crippen LogP contribution in [-0.2, 0) is 20.9 Å². The molecule has 0 saturated carbocycles. The Balaban J connectivity index is 2.25. The lowest BCUT2D eigenvalue weighted by Gasteiger charge is -2.13. The average molecular weight is 264 g/mol. The second-order valence-corrected chi connectivity index (χ2v) is 4.36. The molecule has 1 rings (SSSR count). The molecule has 0 aliphatic rings. The Hall–Kier alpha value is -1.88. The quantitative estimate of drug-likeness (QED) is 0.719. The van der Waals surface area contributed by atoms with Crippen molar-refractivity contribution in [2.45, 2.75) is 32.4 Å². The van der Waals surface area contributed by atoms with E-state index in [1.54, 1.807) is 6.92 Å². The summed E-state index contributed by atoms with van der Waals surface area (Å²) in [6.07, 6.45) is 0.423. The van der Waals surface area contributed by atoms with Crippen molar-refractivity contribution in [2.75, 3.05) is 6.54 Å². The van der Waals surface area contributed by atoms with Gasteiger partial charge in [-0.05, 0) is 12.5 Å². The summed E-state index contributed by atoms with van der Waals surface area (Å²) in [4.78, 5) is 22.8. The number of hydrogen-bond acceptors (Lipinski definition) is 4. The van der Waals surface area contributed by atoms with Gasteiger partial charge in [0.25, 0.3) is 0 Å². The highest BCUT2D eigenvalue weighted by Gasteiger charge is 2.12. The predicted octanol–water partition coefficient (Wildman–Crippen LogP) is 0.973. The number of carbonyl (C=O) groups is 2. The minimum Gasteiger partial charge on any atom is -0.461 e. The van der Waals surface area contributed by atoms with Crippen LogP contribution in [0.2, 0.25) is 0 Å². The van der Waals surface area contributed by atoms with Gasteiger partial charge in [0, 0.05) is 19.0 Å². The van der Waals surface area contributed by atoms with Crippen molar-refractivity contribution in [3.63, 3.8) is 0 Å². The largest absolute Gasteiger partial charge is 0.461 e. The molecule has 1 amide bonds. The van der Waals surface area contributed by atoms with E-state index in [0.717, 1.165) is 5.56 Å². The number of nitrogens with one attached hydrogen (secondary N) is 1. The fourth-order valence-corrected chi connectivity index (χ4v) is 1.58. The molecule has 0 spiro atoms. The fourth-order valence-electron chi connectivity index (χ4n) is 1.58. The van der Waals surface area contributed by atoms with Gasteiger partial charge in [-0.3, -0.25) is 9.59 Å². The van der Waals surface area contributed by atoms with Gasteiger partial charge in [-0.25, -0.2) is 0 Å². The first-order valence-corrected chi connectivity index (χ1v) is 6.30. The van der Waals surface area contributed by atoms with Crippen molar-refractivity contribution in [3.8, 4) is 0 Å². The Morgan fingerprint density at radius 3 is 2.63 bits per heavy atom. The van der Waals surface area contributed by atoms with Crippen LogP contribution >= 0.6 is 0 Å². The van der Waals surface area contributed by atoms with Crippen molar-refractivity contribution < 1.29 is 14.3 Å². The molecule has 0 heterocycles. The summed E-state index contributed by atoms with van der Waals surface area (Å²) in [6, 6.07) is 9.21. The highest BCUT2D eigenvalue weighted by atomic mass is 16.5. The SMILES string of the molecule is CC(CC(=O)OCc1ccccc1)NC(=O)CCN. The fraction of sp³-hybridized carbons (Fsp3) is 0.429. The van der Waals surface area contributed by atoms with Crippen LogP contribution in [0.15, 0.2) is 30.3 Å². The zero-order valence-corrected chi connectivity index (χ0v) is 11.1. The summed E-state index contributed by atoms with van der Waals surface area (Å²) in [6.45, 7) is 2.32. The second kappa shape index (κ2) is 8.26. The van der Waals surface area contributed by atoms with Crippen LogP contribution in [0.4, 0.5) is 0 Å². The Morgan fingerprint density at radius 2 is 2.00 bits per heavy atom. The van der Waals surface area contributed by atoms with E-state index in [9.17, 15) is 9.59 Å². The van der Waals surface area contributed by atoms with Crippen LogP contribution < -0.4 is 11.1 Å². The number of esters is 1. The Kier molecular flexibility index (Phi) is 6.60. The van der Waals surface area contributed by atoms with E-state index >= 15 is 0 Å². The third-order valence-electron chi connectivity index (χ3n) is 2.49. The molecular formula is C14H20N2O3. The van der Waals surface area contributed by atoms with Crippen molar-refractivity contribution >= 4 is 11.9 Å². The number of carbonyl (C=O) groups excluding carboxylic acids is 2. The molecule has 0 aromatic heterocycles. The number of ether oxygens (including phenoxy) is 1. The number of benzene rings is 1. The van der Waals surface area contributed by atoms with Gasteiger partial charge >= 0.3 is 5.97 Å². The maximum atomic E-state index is 11.6. The lowest BCUT2D eigenvalue weighted by molar-refractivity contribution is -0.145. The molecule has 0 bridgehead atoms. The molecule has 0 radical (unpaired) electrons. The van der Waals surface area contributed by atoms with Gasteiger partial charge in [0.15, 0.2) is 0 Å². The molecule has 5 nitrogen and oxygen atoms in total. The topological polar surface area (TPSA) is 81.4 Å². The van der Waals surface area contributed by atoms with Gasteiger partial charge in [0.1, 0.15) is 6.61 Å². The first kappa shape index (κ1) is 15.2. The Labute approximate surface area is 113 Å². The second-order valence-electron chi connectivity index (χ2n) is 4.36. The third kappa shape index (κ3) is 6.57. The van der Waals surface area contributed by atoms with E-state index in [2.05, 4.69) is 5.32 Å². The number of hydrogen-bond donors (Lipinski definition) is 2. The normalized spacial score (nSPS) is 11.7. The van der Waals surface area contributed by atoms with Crippen LogP contribution in [-0.4, -0.2) is 24.5 Å². The molecule has 0 fully saturated rings. The zero-order valence-electron chi connectivity index (χ0n) is 11.1. The third-order valence-corrected chi connectivity index (χ3v) is 2.49. The van der Waals surface area contributed by atoms with Gasteiger partial charge in [-0.2, -0.15) is 0 Å². The lowest BCUT2D eigenvalue weighted by Crippen LogP contribution is -2.35. The first-order chi connectivity index (χ1) is 9.11. The number of nitrogens with two attached hydrogens (primary N) is 1. The molecule has 1 atom stereocenters. The summed E-state index contributed by atoms with van der Waals surface area (Å²) >= 11 is 0. The van der Waals surface area contributed by atoms with Crippen molar-refractivity contribution in [1.29, 1.82) is 0 Å². The van der Waals surface area contributed by atoms with Gasteiger partial charge in [0.2, 0.25) is 5.91 Å². The van der Waals surface area contributed by atoms with Gasteiger partial charge < -0.3 is 15.8 Å². The maximum absolute atomic E-state index is 11.6. The van der Waals surface area contributed by atoms with Crippen LogP contribution in [0.5, 0.6) is 0 Å². The zero-order chi connectivity index (χ0) is 14.1. The van der Waals surface area contributed by atoms with E-state index in [0.29, 0.717) is 6.54 Å². The summed E-state index contributed by atoms with van der Waals surface area (Å²) in [5, 5.41) is 2.69. The van der Waals surface area contributed by atoms with Gasteiger partial charge in [0.05, 0.1) is 6.42 Å². The Bertz CT molecular complexity index is 406. The van der Waals surface area contributed by atoms with E-state index in [-0.39, 0.29) is 37.4 Å². The Morgan fingerprint density at radius 1 is 1.32 bits per heavy atom. The molecule has 3 N–H and O–H groups in total. The molecule has 1 unspecified atom stereocenters. The van der Waals surface area contributed by atoms with Crippen LogP contribution in [0.3, 0.4) is 0 Å². The molecule has 19 heavy (non-hydrogen) atoms. The first-order valence-electron chi connectivity index (χ1n) is 6.30. The van der Waals surface area contributed by atoms with Gasteiger partial charge in [-0.1, -0.05) is 30.3 Å². The molecular weight excluding hydrogens is 244 g/mol. The van der Waals surface area contributed by atoms with Gasteiger partial charge in [-0.15, -0.1) is 0 Å². The summed E-state index contributed by atoms with van der Waals surface area (Å²) in [5.74, 6) is -0.477. The number of rotatable bonds is 7.